The van der Waals surface area contributed by atoms with Gasteiger partial charge in [0.2, 0.25) is 11.8 Å². The van der Waals surface area contributed by atoms with Crippen molar-refractivity contribution in [2.24, 2.45) is 0 Å². The number of rotatable bonds is 8. The molecule has 0 saturated carbocycles. The zero-order chi connectivity index (χ0) is 22.4. The van der Waals surface area contributed by atoms with Crippen molar-refractivity contribution in [1.29, 1.82) is 10.5 Å². The summed E-state index contributed by atoms with van der Waals surface area (Å²) in [5.74, 6) is 0.952. The van der Waals surface area contributed by atoms with E-state index in [9.17, 15) is 14.0 Å². The van der Waals surface area contributed by atoms with Gasteiger partial charge in [-0.3, -0.25) is 4.90 Å². The second-order valence-corrected chi connectivity index (χ2v) is 6.98. The van der Waals surface area contributed by atoms with Crippen molar-refractivity contribution in [2.75, 3.05) is 32.1 Å². The molecule has 8 nitrogen and oxygen atoms in total. The lowest BCUT2D eigenvalue weighted by Crippen LogP contribution is -2.32. The SMILES string of the molecule is COc1nc(NCC#N)c2c(c1C#N)CN(Cc1ccc(OCC(F)F)nc1C)CC2. The first kappa shape index (κ1) is 22.2. The topological polar surface area (TPSA) is 107 Å². The van der Waals surface area contributed by atoms with Crippen molar-refractivity contribution in [2.45, 2.75) is 32.9 Å². The number of alkyl halides is 2. The fourth-order valence-corrected chi connectivity index (χ4v) is 3.54. The Hall–Kier alpha value is -3.50. The van der Waals surface area contributed by atoms with Crippen LogP contribution >= 0.6 is 0 Å². The van der Waals surface area contributed by atoms with Crippen molar-refractivity contribution in [3.8, 4) is 23.9 Å². The average molecular weight is 428 g/mol. The van der Waals surface area contributed by atoms with E-state index in [-0.39, 0.29) is 18.3 Å². The van der Waals surface area contributed by atoms with Crippen LogP contribution in [0, 0.1) is 29.6 Å². The molecule has 1 aliphatic rings. The molecule has 3 heterocycles. The van der Waals surface area contributed by atoms with E-state index in [2.05, 4.69) is 26.3 Å². The molecule has 0 saturated heterocycles. The fourth-order valence-electron chi connectivity index (χ4n) is 3.54. The summed E-state index contributed by atoms with van der Waals surface area (Å²) in [7, 11) is 1.46. The number of nitriles is 2. The van der Waals surface area contributed by atoms with Gasteiger partial charge in [0.25, 0.3) is 6.43 Å². The Balaban J connectivity index is 1.82. The summed E-state index contributed by atoms with van der Waals surface area (Å²) >= 11 is 0. The summed E-state index contributed by atoms with van der Waals surface area (Å²) < 4.78 is 34.9. The summed E-state index contributed by atoms with van der Waals surface area (Å²) in [6.07, 6.45) is -1.90. The molecule has 0 aliphatic carbocycles. The van der Waals surface area contributed by atoms with Crippen LogP contribution in [-0.4, -0.2) is 48.1 Å². The third kappa shape index (κ3) is 5.16. The highest BCUT2D eigenvalue weighted by molar-refractivity contribution is 5.60. The third-order valence-corrected chi connectivity index (χ3v) is 5.00. The Morgan fingerprint density at radius 1 is 1.26 bits per heavy atom. The maximum atomic E-state index is 12.3. The van der Waals surface area contributed by atoms with E-state index in [1.807, 2.05) is 12.1 Å². The van der Waals surface area contributed by atoms with Gasteiger partial charge in [-0.25, -0.2) is 13.8 Å². The maximum absolute atomic E-state index is 12.3. The van der Waals surface area contributed by atoms with E-state index < -0.39 is 13.0 Å². The number of anilines is 1. The number of hydrogen-bond acceptors (Lipinski definition) is 8. The number of nitrogens with one attached hydrogen (secondary N) is 1. The van der Waals surface area contributed by atoms with Gasteiger partial charge >= 0.3 is 0 Å². The number of nitrogens with zero attached hydrogens (tertiary/aromatic N) is 5. The molecule has 10 heteroatoms. The Labute approximate surface area is 179 Å². The fraction of sp³-hybridized carbons (Fsp3) is 0.429. The number of ether oxygens (including phenoxy) is 2. The van der Waals surface area contributed by atoms with E-state index in [1.165, 1.54) is 7.11 Å². The highest BCUT2D eigenvalue weighted by Gasteiger charge is 2.26. The van der Waals surface area contributed by atoms with E-state index in [4.69, 9.17) is 14.7 Å². The van der Waals surface area contributed by atoms with Gasteiger partial charge in [-0.05, 0) is 24.5 Å². The van der Waals surface area contributed by atoms with Gasteiger partial charge in [0.1, 0.15) is 24.0 Å². The van der Waals surface area contributed by atoms with E-state index >= 15 is 0 Å². The smallest absolute Gasteiger partial charge is 0.272 e. The number of aryl methyl sites for hydroxylation is 1. The number of hydrogen-bond donors (Lipinski definition) is 1. The minimum atomic E-state index is -2.55. The molecule has 0 aromatic carbocycles. The monoisotopic (exact) mass is 428 g/mol. The number of aromatic nitrogens is 2. The first-order valence-corrected chi connectivity index (χ1v) is 9.67. The molecule has 0 atom stereocenters. The Bertz CT molecular complexity index is 1030. The summed E-state index contributed by atoms with van der Waals surface area (Å²) in [5, 5.41) is 21.6. The highest BCUT2D eigenvalue weighted by atomic mass is 19.3. The molecular weight excluding hydrogens is 406 g/mol. The molecule has 0 fully saturated rings. The lowest BCUT2D eigenvalue weighted by molar-refractivity contribution is 0.0795. The van der Waals surface area contributed by atoms with Crippen LogP contribution in [0.15, 0.2) is 12.1 Å². The first-order valence-electron chi connectivity index (χ1n) is 9.67. The van der Waals surface area contributed by atoms with E-state index in [0.29, 0.717) is 36.6 Å². The van der Waals surface area contributed by atoms with Crippen LogP contribution in [0.2, 0.25) is 0 Å². The predicted molar refractivity (Wildman–Crippen MR) is 108 cm³/mol. The minimum absolute atomic E-state index is 0.100. The Kier molecular flexibility index (Phi) is 7.16. The summed E-state index contributed by atoms with van der Waals surface area (Å²) in [6, 6.07) is 7.62. The van der Waals surface area contributed by atoms with Gasteiger partial charge in [-0.2, -0.15) is 15.5 Å². The molecule has 0 radical (unpaired) electrons. The summed E-state index contributed by atoms with van der Waals surface area (Å²) in [4.78, 5) is 10.8. The Morgan fingerprint density at radius 3 is 2.71 bits per heavy atom. The van der Waals surface area contributed by atoms with Crippen LogP contribution in [0.25, 0.3) is 0 Å². The van der Waals surface area contributed by atoms with Crippen LogP contribution in [0.1, 0.15) is 27.9 Å². The molecule has 0 amide bonds. The summed E-state index contributed by atoms with van der Waals surface area (Å²) in [6.45, 7) is 3.01. The number of halogens is 2. The van der Waals surface area contributed by atoms with Gasteiger partial charge in [0.05, 0.1) is 13.2 Å². The average Bonchev–Trinajstić information content (AvgIpc) is 2.76. The largest absolute Gasteiger partial charge is 0.480 e. The van der Waals surface area contributed by atoms with Gasteiger partial charge in [-0.15, -0.1) is 0 Å². The molecular formula is C21H22F2N6O2. The van der Waals surface area contributed by atoms with Gasteiger partial charge in [-0.1, -0.05) is 6.07 Å². The second-order valence-electron chi connectivity index (χ2n) is 6.98. The quantitative estimate of drug-likeness (QED) is 0.640. The van der Waals surface area contributed by atoms with E-state index in [0.717, 1.165) is 23.2 Å². The third-order valence-electron chi connectivity index (χ3n) is 5.00. The normalized spacial score (nSPS) is 13.3. The Morgan fingerprint density at radius 2 is 2.06 bits per heavy atom. The molecule has 1 aliphatic heterocycles. The molecule has 31 heavy (non-hydrogen) atoms. The predicted octanol–water partition coefficient (Wildman–Crippen LogP) is 2.80. The number of methoxy groups -OCH3 is 1. The molecule has 3 rings (SSSR count). The zero-order valence-electron chi connectivity index (χ0n) is 17.3. The van der Waals surface area contributed by atoms with Gasteiger partial charge in [0.15, 0.2) is 6.61 Å². The van der Waals surface area contributed by atoms with Crippen molar-refractivity contribution in [1.82, 2.24) is 14.9 Å². The van der Waals surface area contributed by atoms with Crippen molar-refractivity contribution < 1.29 is 18.3 Å². The maximum Gasteiger partial charge on any atom is 0.272 e. The molecule has 162 valence electrons. The molecule has 2 aromatic rings. The second kappa shape index (κ2) is 10.0. The highest BCUT2D eigenvalue weighted by Crippen LogP contribution is 2.33. The molecule has 0 bridgehead atoms. The number of pyridine rings is 2. The van der Waals surface area contributed by atoms with Crippen molar-refractivity contribution in [3.63, 3.8) is 0 Å². The van der Waals surface area contributed by atoms with Crippen LogP contribution in [-0.2, 0) is 19.5 Å². The number of fused-ring (bicyclic) bond motifs is 1. The standard InChI is InChI=1S/C21H22F2N6O2/c1-13-14(3-4-19(27-13)31-12-18(22)23)10-29-8-5-15-17(11-29)16(9-25)21(30-2)28-20(15)26-7-6-24/h3-4,18H,5,7-8,10-12H2,1-2H3,(H,26,28). The first-order chi connectivity index (χ1) is 15.0. The van der Waals surface area contributed by atoms with Crippen LogP contribution in [0.3, 0.4) is 0 Å². The minimum Gasteiger partial charge on any atom is -0.480 e. The molecule has 0 spiro atoms. The van der Waals surface area contributed by atoms with Crippen molar-refractivity contribution in [3.05, 3.63) is 40.1 Å². The lowest BCUT2D eigenvalue weighted by atomic mass is 9.96. The van der Waals surface area contributed by atoms with Crippen molar-refractivity contribution >= 4 is 5.82 Å². The van der Waals surface area contributed by atoms with Crippen LogP contribution in [0.4, 0.5) is 14.6 Å². The van der Waals surface area contributed by atoms with Gasteiger partial charge < -0.3 is 14.8 Å². The molecule has 0 unspecified atom stereocenters. The van der Waals surface area contributed by atoms with E-state index in [1.54, 1.807) is 13.0 Å². The van der Waals surface area contributed by atoms with Crippen LogP contribution in [0.5, 0.6) is 11.8 Å². The lowest BCUT2D eigenvalue weighted by Gasteiger charge is -2.31. The molecule has 1 N–H and O–H groups in total. The van der Waals surface area contributed by atoms with Gasteiger partial charge in [0, 0.05) is 37.0 Å². The summed E-state index contributed by atoms with van der Waals surface area (Å²) in [5.41, 5.74) is 3.75. The molecule has 2 aromatic heterocycles. The van der Waals surface area contributed by atoms with Crippen LogP contribution < -0.4 is 14.8 Å². The zero-order valence-corrected chi connectivity index (χ0v) is 17.3.